The zero-order valence-corrected chi connectivity index (χ0v) is 23.0. The van der Waals surface area contributed by atoms with E-state index >= 15 is 0 Å². The van der Waals surface area contributed by atoms with E-state index in [4.69, 9.17) is 14.7 Å². The molecule has 2 fully saturated rings. The molecule has 3 unspecified atom stereocenters. The summed E-state index contributed by atoms with van der Waals surface area (Å²) in [6.45, 7) is 5.60. The van der Waals surface area contributed by atoms with E-state index in [1.54, 1.807) is 5.48 Å². The second-order valence-electron chi connectivity index (χ2n) is 10.6. The maximum atomic E-state index is 12.2. The van der Waals surface area contributed by atoms with E-state index in [-0.39, 0.29) is 37.6 Å². The van der Waals surface area contributed by atoms with E-state index < -0.39 is 12.2 Å². The Kier molecular flexibility index (Phi) is 11.3. The van der Waals surface area contributed by atoms with Crippen LogP contribution in [0, 0.1) is 0 Å². The Hall–Kier alpha value is -3.08. The highest BCUT2D eigenvalue weighted by Crippen LogP contribution is 2.39. The van der Waals surface area contributed by atoms with Crippen LogP contribution in [0.4, 0.5) is 5.69 Å². The maximum Gasteiger partial charge on any atom is 0.243 e. The van der Waals surface area contributed by atoms with Crippen molar-refractivity contribution in [3.05, 3.63) is 77.9 Å². The van der Waals surface area contributed by atoms with Crippen LogP contribution in [0.2, 0.25) is 0 Å². The van der Waals surface area contributed by atoms with Crippen molar-refractivity contribution < 1.29 is 29.4 Å². The molecule has 0 bridgehead atoms. The molecular formula is C31H41N3O6. The molecule has 4 N–H and O–H groups in total. The minimum Gasteiger partial charge on any atom is -0.392 e. The van der Waals surface area contributed by atoms with E-state index in [2.05, 4.69) is 16.8 Å². The predicted octanol–water partition coefficient (Wildman–Crippen LogP) is 4.77. The third-order valence-electron chi connectivity index (χ3n) is 7.66. The van der Waals surface area contributed by atoms with Gasteiger partial charge in [0, 0.05) is 49.6 Å². The number of carbonyl (C=O) groups excluding carboxylic acids is 2. The van der Waals surface area contributed by atoms with Crippen molar-refractivity contribution in [3.63, 3.8) is 0 Å². The molecule has 0 radical (unpaired) electrons. The first-order valence-corrected chi connectivity index (χ1v) is 14.2. The highest BCUT2D eigenvalue weighted by Gasteiger charge is 2.34. The highest BCUT2D eigenvalue weighted by atomic mass is 16.7. The first kappa shape index (κ1) is 29.9. The van der Waals surface area contributed by atoms with Crippen LogP contribution in [-0.4, -0.2) is 52.3 Å². The van der Waals surface area contributed by atoms with Gasteiger partial charge in [-0.3, -0.25) is 19.7 Å². The summed E-state index contributed by atoms with van der Waals surface area (Å²) in [7, 11) is 0. The van der Waals surface area contributed by atoms with Gasteiger partial charge in [0.15, 0.2) is 6.29 Å². The Morgan fingerprint density at radius 3 is 2.30 bits per heavy atom. The molecule has 2 aromatic rings. The number of hydrogen-bond donors (Lipinski definition) is 4. The van der Waals surface area contributed by atoms with Gasteiger partial charge in [0.25, 0.3) is 0 Å². The summed E-state index contributed by atoms with van der Waals surface area (Å²) in [5.74, 6) is -0.717. The van der Waals surface area contributed by atoms with Crippen molar-refractivity contribution in [2.75, 3.05) is 18.4 Å². The van der Waals surface area contributed by atoms with Gasteiger partial charge in [-0.15, -0.1) is 6.58 Å². The molecule has 0 aromatic heterocycles. The maximum absolute atomic E-state index is 12.2. The summed E-state index contributed by atoms with van der Waals surface area (Å²) in [5.41, 5.74) is 4.97. The molecular weight excluding hydrogens is 510 g/mol. The Labute approximate surface area is 236 Å². The topological polar surface area (TPSA) is 120 Å². The van der Waals surface area contributed by atoms with Crippen molar-refractivity contribution in [2.24, 2.45) is 0 Å². The number of nitrogens with zero attached hydrogens (tertiary/aromatic N) is 1. The van der Waals surface area contributed by atoms with Gasteiger partial charge in [0.05, 0.1) is 18.8 Å². The first-order chi connectivity index (χ1) is 19.5. The average Bonchev–Trinajstić information content (AvgIpc) is 3.52. The third-order valence-corrected chi connectivity index (χ3v) is 7.66. The van der Waals surface area contributed by atoms with Crippen molar-refractivity contribution in [3.8, 4) is 0 Å². The van der Waals surface area contributed by atoms with Crippen LogP contribution in [0.1, 0.15) is 80.5 Å². The van der Waals surface area contributed by atoms with Gasteiger partial charge >= 0.3 is 0 Å². The number of aliphatic hydroxyl groups excluding tert-OH is 1. The summed E-state index contributed by atoms with van der Waals surface area (Å²) in [6.07, 6.45) is 7.42. The lowest BCUT2D eigenvalue weighted by Gasteiger charge is -2.39. The molecule has 1 aliphatic carbocycles. The van der Waals surface area contributed by atoms with E-state index in [0.717, 1.165) is 36.2 Å². The van der Waals surface area contributed by atoms with Crippen molar-refractivity contribution in [1.29, 1.82) is 0 Å². The van der Waals surface area contributed by atoms with Crippen LogP contribution >= 0.6 is 0 Å². The number of amides is 2. The van der Waals surface area contributed by atoms with Gasteiger partial charge in [-0.1, -0.05) is 55.3 Å². The fraction of sp³-hybridized carbons (Fsp3) is 0.484. The molecule has 40 heavy (non-hydrogen) atoms. The van der Waals surface area contributed by atoms with Crippen molar-refractivity contribution >= 4 is 17.5 Å². The van der Waals surface area contributed by atoms with E-state index in [1.165, 1.54) is 25.7 Å². The fourth-order valence-corrected chi connectivity index (χ4v) is 5.51. The van der Waals surface area contributed by atoms with E-state index in [9.17, 15) is 14.7 Å². The minimum atomic E-state index is -0.572. The smallest absolute Gasteiger partial charge is 0.243 e. The number of hydrogen-bond acceptors (Lipinski definition) is 7. The number of hydroxylamine groups is 1. The Balaban J connectivity index is 1.45. The molecule has 216 valence electrons. The monoisotopic (exact) mass is 551 g/mol. The quantitative estimate of drug-likeness (QED) is 0.161. The number of aliphatic hydroxyl groups is 1. The van der Waals surface area contributed by atoms with Crippen LogP contribution in [0.25, 0.3) is 0 Å². The van der Waals surface area contributed by atoms with Gasteiger partial charge in [0.1, 0.15) is 0 Å². The molecule has 1 saturated heterocycles. The standard InChI is InChI=1S/C31H41N3O6/c1-2-18-34(26-6-3-4-7-26)20-27-19-28(23-12-10-22(21-35)11-13-23)40-31(39-27)24-14-16-25(17-15-24)32-29(36)8-5-9-30(37)33-38/h2,10-17,26-28,31,35,38H,1,3-9,18-21H2,(H,32,36)(H,33,37). The van der Waals surface area contributed by atoms with E-state index in [0.29, 0.717) is 18.2 Å². The van der Waals surface area contributed by atoms with Gasteiger partial charge < -0.3 is 19.9 Å². The number of anilines is 1. The molecule has 1 aliphatic heterocycles. The number of ether oxygens (including phenoxy) is 2. The second-order valence-corrected chi connectivity index (χ2v) is 10.6. The zero-order valence-electron chi connectivity index (χ0n) is 23.0. The SMILES string of the molecule is C=CCN(CC1CC(c2ccc(CO)cc2)OC(c2ccc(NC(=O)CCCC(=O)NO)cc2)O1)C1CCCC1. The van der Waals surface area contributed by atoms with Crippen molar-refractivity contribution in [1.82, 2.24) is 10.4 Å². The van der Waals surface area contributed by atoms with Crippen LogP contribution in [-0.2, 0) is 25.7 Å². The lowest BCUT2D eigenvalue weighted by molar-refractivity contribution is -0.253. The largest absolute Gasteiger partial charge is 0.392 e. The summed E-state index contributed by atoms with van der Waals surface area (Å²) in [6, 6.07) is 15.8. The number of carbonyl (C=O) groups is 2. The molecule has 1 saturated carbocycles. The fourth-order valence-electron chi connectivity index (χ4n) is 5.51. The molecule has 2 aliphatic rings. The Bertz CT molecular complexity index is 1100. The molecule has 3 atom stereocenters. The Morgan fingerprint density at radius 1 is 0.975 bits per heavy atom. The summed E-state index contributed by atoms with van der Waals surface area (Å²) in [5, 5.41) is 20.9. The third kappa shape index (κ3) is 8.46. The van der Waals surface area contributed by atoms with Crippen LogP contribution in [0.3, 0.4) is 0 Å². The van der Waals surface area contributed by atoms with Gasteiger partial charge in [-0.05, 0) is 42.5 Å². The van der Waals surface area contributed by atoms with Crippen LogP contribution in [0.5, 0.6) is 0 Å². The van der Waals surface area contributed by atoms with Gasteiger partial charge in [0.2, 0.25) is 11.8 Å². The minimum absolute atomic E-state index is 0.00105. The highest BCUT2D eigenvalue weighted by molar-refractivity contribution is 5.91. The molecule has 9 nitrogen and oxygen atoms in total. The lowest BCUT2D eigenvalue weighted by atomic mass is 9.99. The second kappa shape index (κ2) is 15.1. The predicted molar refractivity (Wildman–Crippen MR) is 151 cm³/mol. The number of rotatable bonds is 13. The number of nitrogens with one attached hydrogen (secondary N) is 2. The summed E-state index contributed by atoms with van der Waals surface area (Å²) in [4.78, 5) is 25.9. The molecule has 1 heterocycles. The zero-order chi connectivity index (χ0) is 28.3. The molecule has 2 amide bonds. The number of benzene rings is 2. The van der Waals surface area contributed by atoms with Gasteiger partial charge in [-0.2, -0.15) is 0 Å². The van der Waals surface area contributed by atoms with Crippen LogP contribution < -0.4 is 10.8 Å². The van der Waals surface area contributed by atoms with E-state index in [1.807, 2.05) is 54.6 Å². The Morgan fingerprint density at radius 2 is 1.65 bits per heavy atom. The van der Waals surface area contributed by atoms with Crippen molar-refractivity contribution in [2.45, 2.75) is 82.5 Å². The molecule has 9 heteroatoms. The first-order valence-electron chi connectivity index (χ1n) is 14.2. The molecule has 4 rings (SSSR count). The average molecular weight is 552 g/mol. The van der Waals surface area contributed by atoms with Gasteiger partial charge in [-0.25, -0.2) is 5.48 Å². The lowest BCUT2D eigenvalue weighted by Crippen LogP contribution is -2.43. The molecule has 2 aromatic carbocycles. The molecule has 0 spiro atoms. The summed E-state index contributed by atoms with van der Waals surface area (Å²) >= 11 is 0. The normalized spacial score (nSPS) is 21.3. The van der Waals surface area contributed by atoms with Crippen LogP contribution in [0.15, 0.2) is 61.2 Å². The summed E-state index contributed by atoms with van der Waals surface area (Å²) < 4.78 is 13.0.